The Morgan fingerprint density at radius 3 is 2.73 bits per heavy atom. The van der Waals surface area contributed by atoms with E-state index in [0.29, 0.717) is 5.82 Å². The van der Waals surface area contributed by atoms with Gasteiger partial charge in [0, 0.05) is 14.0 Å². The van der Waals surface area contributed by atoms with E-state index in [1.165, 1.54) is 11.7 Å². The predicted molar refractivity (Wildman–Crippen MR) is 79.2 cm³/mol. The van der Waals surface area contributed by atoms with E-state index in [2.05, 4.69) is 10.3 Å². The quantitative estimate of drug-likeness (QED) is 0.353. The average molecular weight is 376 g/mol. The Labute approximate surface area is 140 Å². The van der Waals surface area contributed by atoms with Gasteiger partial charge in [-0.1, -0.05) is 34.8 Å². The highest BCUT2D eigenvalue weighted by Crippen LogP contribution is 2.30. The molecule has 1 rings (SSSR count). The first-order valence-electron chi connectivity index (χ1n) is 5.86. The minimum Gasteiger partial charge on any atom is -0.445 e. The number of imidazole rings is 1. The number of alkyl halides is 3. The molecule has 1 aromatic rings. The third-order valence-corrected chi connectivity index (χ3v) is 3.15. The van der Waals surface area contributed by atoms with Gasteiger partial charge in [-0.15, -0.1) is 0 Å². The summed E-state index contributed by atoms with van der Waals surface area (Å²) in [4.78, 5) is 25.6. The van der Waals surface area contributed by atoms with Crippen molar-refractivity contribution in [3.8, 4) is 0 Å². The summed E-state index contributed by atoms with van der Waals surface area (Å²) in [5.74, 6) is 0.226. The SMILES string of the molecule is CO[C@H](NC(=O)OCCn1c([N+](=O)[O-])cnc1C)C(Cl)(Cl)Cl. The highest BCUT2D eigenvalue weighted by Gasteiger charge is 2.34. The van der Waals surface area contributed by atoms with Gasteiger partial charge < -0.3 is 19.6 Å². The van der Waals surface area contributed by atoms with E-state index in [4.69, 9.17) is 44.3 Å². The van der Waals surface area contributed by atoms with Crippen molar-refractivity contribution in [2.24, 2.45) is 0 Å². The second-order valence-electron chi connectivity index (χ2n) is 4.01. The van der Waals surface area contributed by atoms with E-state index < -0.39 is 21.0 Å². The van der Waals surface area contributed by atoms with E-state index in [1.54, 1.807) is 6.92 Å². The Morgan fingerprint density at radius 1 is 1.59 bits per heavy atom. The Balaban J connectivity index is 2.53. The molecule has 1 N–H and O–H groups in total. The largest absolute Gasteiger partial charge is 0.445 e. The fourth-order valence-corrected chi connectivity index (χ4v) is 1.96. The lowest BCUT2D eigenvalue weighted by molar-refractivity contribution is -0.392. The van der Waals surface area contributed by atoms with Gasteiger partial charge in [0.2, 0.25) is 3.79 Å². The van der Waals surface area contributed by atoms with Gasteiger partial charge in [-0.05, 0) is 4.92 Å². The van der Waals surface area contributed by atoms with Gasteiger partial charge in [-0.25, -0.2) is 14.3 Å². The summed E-state index contributed by atoms with van der Waals surface area (Å²) in [6.07, 6.45) is -0.966. The highest BCUT2D eigenvalue weighted by molar-refractivity contribution is 6.68. The zero-order valence-electron chi connectivity index (χ0n) is 11.6. The van der Waals surface area contributed by atoms with Gasteiger partial charge >= 0.3 is 11.9 Å². The monoisotopic (exact) mass is 374 g/mol. The Morgan fingerprint density at radius 2 is 2.23 bits per heavy atom. The van der Waals surface area contributed by atoms with E-state index in [1.807, 2.05) is 0 Å². The van der Waals surface area contributed by atoms with Crippen molar-refractivity contribution in [3.63, 3.8) is 0 Å². The minimum atomic E-state index is -1.87. The first-order valence-corrected chi connectivity index (χ1v) is 6.99. The van der Waals surface area contributed by atoms with E-state index in [9.17, 15) is 14.9 Å². The Hall–Kier alpha value is -1.29. The zero-order valence-corrected chi connectivity index (χ0v) is 13.9. The lowest BCUT2D eigenvalue weighted by atomic mass is 10.6. The van der Waals surface area contributed by atoms with Crippen LogP contribution in [-0.2, 0) is 16.0 Å². The van der Waals surface area contributed by atoms with Gasteiger partial charge in [-0.2, -0.15) is 0 Å². The molecule has 0 saturated carbocycles. The Kier molecular flexibility index (Phi) is 6.66. The van der Waals surface area contributed by atoms with Gasteiger partial charge in [0.1, 0.15) is 19.3 Å². The van der Waals surface area contributed by atoms with Crippen LogP contribution >= 0.6 is 34.8 Å². The van der Waals surface area contributed by atoms with Crippen LogP contribution in [-0.4, -0.2) is 44.3 Å². The summed E-state index contributed by atoms with van der Waals surface area (Å²) in [6.45, 7) is 1.51. The molecule has 12 heteroatoms. The van der Waals surface area contributed by atoms with Crippen LogP contribution in [0.15, 0.2) is 6.20 Å². The van der Waals surface area contributed by atoms with Crippen LogP contribution in [0.3, 0.4) is 0 Å². The smallest absolute Gasteiger partial charge is 0.409 e. The molecule has 0 aliphatic heterocycles. The van der Waals surface area contributed by atoms with Crippen LogP contribution < -0.4 is 5.32 Å². The van der Waals surface area contributed by atoms with Crippen molar-refractivity contribution in [2.75, 3.05) is 13.7 Å². The maximum atomic E-state index is 11.5. The molecule has 9 nitrogen and oxygen atoms in total. The molecule has 0 aromatic carbocycles. The van der Waals surface area contributed by atoms with Crippen LogP contribution in [0, 0.1) is 17.0 Å². The second kappa shape index (κ2) is 7.82. The van der Waals surface area contributed by atoms with Gasteiger partial charge in [-0.3, -0.25) is 5.32 Å². The summed E-state index contributed by atoms with van der Waals surface area (Å²) in [5.41, 5.74) is 0. The maximum absolute atomic E-state index is 11.5. The summed E-state index contributed by atoms with van der Waals surface area (Å²) >= 11 is 16.7. The van der Waals surface area contributed by atoms with E-state index >= 15 is 0 Å². The zero-order chi connectivity index (χ0) is 16.9. The molecule has 0 unspecified atom stereocenters. The minimum absolute atomic E-state index is 0.0565. The number of nitro groups is 1. The number of alkyl carbamates (subject to hydrolysis) is 1. The van der Waals surface area contributed by atoms with Crippen molar-refractivity contribution in [1.29, 1.82) is 0 Å². The fourth-order valence-electron chi connectivity index (χ4n) is 1.53. The molecule has 0 saturated heterocycles. The molecule has 0 fully saturated rings. The van der Waals surface area contributed by atoms with Gasteiger partial charge in [0.15, 0.2) is 12.1 Å². The second-order valence-corrected chi connectivity index (χ2v) is 6.38. The van der Waals surface area contributed by atoms with Crippen LogP contribution in [0.5, 0.6) is 0 Å². The van der Waals surface area contributed by atoms with Crippen LogP contribution in [0.1, 0.15) is 5.82 Å². The van der Waals surface area contributed by atoms with Gasteiger partial charge in [0.25, 0.3) is 0 Å². The lowest BCUT2D eigenvalue weighted by Crippen LogP contribution is -2.45. The molecule has 0 radical (unpaired) electrons. The molecule has 0 aliphatic rings. The van der Waals surface area contributed by atoms with E-state index in [-0.39, 0.29) is 19.0 Å². The van der Waals surface area contributed by atoms with Crippen molar-refractivity contribution in [3.05, 3.63) is 22.1 Å². The van der Waals surface area contributed by atoms with Crippen molar-refractivity contribution in [1.82, 2.24) is 14.9 Å². The fraction of sp³-hybridized carbons (Fsp3) is 0.600. The number of carbonyl (C=O) groups excluding carboxylic acids is 1. The van der Waals surface area contributed by atoms with Crippen molar-refractivity contribution >= 4 is 46.7 Å². The van der Waals surface area contributed by atoms with Crippen LogP contribution in [0.2, 0.25) is 0 Å². The first kappa shape index (κ1) is 18.8. The molecular weight excluding hydrogens is 362 g/mol. The molecule has 0 aliphatic carbocycles. The summed E-state index contributed by atoms with van der Waals surface area (Å²) in [6, 6.07) is 0. The number of hydrogen-bond donors (Lipinski definition) is 1. The number of aromatic nitrogens is 2. The van der Waals surface area contributed by atoms with Gasteiger partial charge in [0.05, 0.1) is 0 Å². The first-order chi connectivity index (χ1) is 10.2. The number of hydrogen-bond acceptors (Lipinski definition) is 6. The molecule has 124 valence electrons. The molecular formula is C10H13Cl3N4O5. The molecule has 1 heterocycles. The molecule has 1 aromatic heterocycles. The predicted octanol–water partition coefficient (Wildman–Crippen LogP) is 2.17. The molecule has 1 amide bonds. The molecule has 1 atom stereocenters. The normalized spacial score (nSPS) is 12.8. The average Bonchev–Trinajstić information content (AvgIpc) is 2.76. The summed E-state index contributed by atoms with van der Waals surface area (Å²) < 4.78 is 9.08. The van der Waals surface area contributed by atoms with E-state index in [0.717, 1.165) is 6.20 Å². The number of ether oxygens (including phenoxy) is 2. The third kappa shape index (κ3) is 5.16. The number of rotatable bonds is 6. The summed E-state index contributed by atoms with van der Waals surface area (Å²) in [7, 11) is 1.24. The van der Waals surface area contributed by atoms with Crippen molar-refractivity contribution < 1.29 is 19.2 Å². The number of carbonyl (C=O) groups is 1. The maximum Gasteiger partial charge on any atom is 0.409 e. The number of aryl methyl sites for hydroxylation is 1. The number of methoxy groups -OCH3 is 1. The molecule has 0 spiro atoms. The molecule has 0 bridgehead atoms. The van der Waals surface area contributed by atoms with Crippen LogP contribution in [0.25, 0.3) is 0 Å². The number of amides is 1. The standard InChI is InChI=1S/C10H13Cl3N4O5/c1-6-14-5-7(17(19)20)16(6)3-4-22-9(18)15-8(21-2)10(11,12)13/h5,8H,3-4H2,1-2H3,(H,15,18)/t8-/m0/s1. The highest BCUT2D eigenvalue weighted by atomic mass is 35.6. The van der Waals surface area contributed by atoms with Crippen molar-refractivity contribution in [2.45, 2.75) is 23.5 Å². The number of nitrogens with one attached hydrogen (secondary N) is 1. The lowest BCUT2D eigenvalue weighted by Gasteiger charge is -2.23. The number of nitrogens with zero attached hydrogens (tertiary/aromatic N) is 3. The van der Waals surface area contributed by atoms with Crippen LogP contribution in [0.4, 0.5) is 10.6 Å². The Bertz CT molecular complexity index is 545. The third-order valence-electron chi connectivity index (χ3n) is 2.55. The number of halogens is 3. The molecule has 22 heavy (non-hydrogen) atoms. The summed E-state index contributed by atoms with van der Waals surface area (Å²) in [5, 5.41) is 13.0. The topological polar surface area (TPSA) is 109 Å².